The predicted octanol–water partition coefficient (Wildman–Crippen LogP) is 3.46. The third-order valence-electron chi connectivity index (χ3n) is 3.52. The Morgan fingerprint density at radius 3 is 2.84 bits per heavy atom. The summed E-state index contributed by atoms with van der Waals surface area (Å²) < 4.78 is 0. The minimum absolute atomic E-state index is 0.132. The van der Waals surface area contributed by atoms with Gasteiger partial charge in [-0.15, -0.1) is 0 Å². The van der Waals surface area contributed by atoms with E-state index in [0.717, 1.165) is 22.5 Å². The number of rotatable bonds is 5. The predicted molar refractivity (Wildman–Crippen MR) is 102 cm³/mol. The summed E-state index contributed by atoms with van der Waals surface area (Å²) in [5, 5.41) is 5.98. The third-order valence-corrected chi connectivity index (χ3v) is 3.81. The second-order valence-corrected chi connectivity index (χ2v) is 5.68. The van der Waals surface area contributed by atoms with Gasteiger partial charge in [0.05, 0.1) is 11.4 Å². The highest BCUT2D eigenvalue weighted by molar-refractivity contribution is 7.81. The van der Waals surface area contributed by atoms with Gasteiger partial charge in [-0.2, -0.15) is 12.6 Å². The Labute approximate surface area is 151 Å². The molecule has 1 amide bonds. The molecule has 0 aliphatic carbocycles. The monoisotopic (exact) mass is 351 g/mol. The van der Waals surface area contributed by atoms with Gasteiger partial charge in [-0.05, 0) is 42.8 Å². The molecule has 0 bridgehead atoms. The molecule has 126 valence electrons. The van der Waals surface area contributed by atoms with Crippen molar-refractivity contribution in [3.8, 4) is 11.3 Å². The Kier molecular flexibility index (Phi) is 5.25. The van der Waals surface area contributed by atoms with Crippen molar-refractivity contribution < 1.29 is 4.79 Å². The molecule has 6 nitrogen and oxygen atoms in total. The summed E-state index contributed by atoms with van der Waals surface area (Å²) in [5.74, 6) is 0.447. The lowest BCUT2D eigenvalue weighted by Gasteiger charge is -2.11. The van der Waals surface area contributed by atoms with Crippen molar-refractivity contribution in [2.75, 3.05) is 16.4 Å². The summed E-state index contributed by atoms with van der Waals surface area (Å²) in [6.07, 6.45) is 5.17. The average molecular weight is 351 g/mol. The molecule has 0 saturated carbocycles. The molecule has 0 fully saturated rings. The molecule has 0 saturated heterocycles. The van der Waals surface area contributed by atoms with Gasteiger partial charge in [0.15, 0.2) is 0 Å². The summed E-state index contributed by atoms with van der Waals surface area (Å²) in [6, 6.07) is 11.2. The van der Waals surface area contributed by atoms with Crippen LogP contribution in [0.25, 0.3) is 11.3 Å². The summed E-state index contributed by atoms with van der Waals surface area (Å²) in [5.41, 5.74) is 4.22. The van der Waals surface area contributed by atoms with Gasteiger partial charge in [0.1, 0.15) is 0 Å². The molecule has 7 heteroatoms. The van der Waals surface area contributed by atoms with Crippen LogP contribution in [0.5, 0.6) is 0 Å². The first-order valence-corrected chi connectivity index (χ1v) is 8.31. The summed E-state index contributed by atoms with van der Waals surface area (Å²) in [4.78, 5) is 24.4. The molecule has 1 aromatic carbocycles. The molecule has 0 spiro atoms. The first-order valence-electron chi connectivity index (χ1n) is 7.67. The van der Waals surface area contributed by atoms with Crippen molar-refractivity contribution in [2.45, 2.75) is 6.92 Å². The lowest BCUT2D eigenvalue weighted by molar-refractivity contribution is -0.113. The molecular weight excluding hydrogens is 334 g/mol. The standard InChI is InChI=1S/C18H17N5OS/c1-12-4-5-14(21-17(24)11-25)9-16(12)23-18-20-8-6-15(22-18)13-3-2-7-19-10-13/h2-10,25H,11H2,1H3,(H,21,24)(H,20,22,23). The second-order valence-electron chi connectivity index (χ2n) is 5.37. The molecule has 0 unspecified atom stereocenters. The topological polar surface area (TPSA) is 79.8 Å². The Hall–Kier alpha value is -2.93. The number of anilines is 3. The number of nitrogens with zero attached hydrogens (tertiary/aromatic N) is 3. The fraction of sp³-hybridized carbons (Fsp3) is 0.111. The molecule has 2 N–H and O–H groups in total. The Morgan fingerprint density at radius 1 is 1.20 bits per heavy atom. The number of carbonyl (C=O) groups excluding carboxylic acids is 1. The van der Waals surface area contributed by atoms with E-state index in [2.05, 4.69) is 38.2 Å². The maximum Gasteiger partial charge on any atom is 0.234 e. The minimum atomic E-state index is -0.159. The highest BCUT2D eigenvalue weighted by Gasteiger charge is 2.07. The van der Waals surface area contributed by atoms with E-state index in [4.69, 9.17) is 0 Å². The van der Waals surface area contributed by atoms with Gasteiger partial charge in [-0.1, -0.05) is 6.07 Å². The molecule has 25 heavy (non-hydrogen) atoms. The van der Waals surface area contributed by atoms with Crippen molar-refractivity contribution in [3.63, 3.8) is 0 Å². The number of pyridine rings is 1. The number of hydrogen-bond donors (Lipinski definition) is 3. The lowest BCUT2D eigenvalue weighted by atomic mass is 10.2. The Morgan fingerprint density at radius 2 is 2.08 bits per heavy atom. The maximum absolute atomic E-state index is 11.5. The van der Waals surface area contributed by atoms with Crippen LogP contribution < -0.4 is 10.6 Å². The normalized spacial score (nSPS) is 10.3. The highest BCUT2D eigenvalue weighted by atomic mass is 32.1. The van der Waals surface area contributed by atoms with Gasteiger partial charge in [-0.25, -0.2) is 9.97 Å². The minimum Gasteiger partial charge on any atom is -0.325 e. The molecule has 0 aliphatic rings. The van der Waals surface area contributed by atoms with Crippen LogP contribution in [0.4, 0.5) is 17.3 Å². The van der Waals surface area contributed by atoms with Crippen molar-refractivity contribution >= 4 is 35.9 Å². The van der Waals surface area contributed by atoms with Crippen LogP contribution in [-0.2, 0) is 4.79 Å². The van der Waals surface area contributed by atoms with Crippen LogP contribution in [0.2, 0.25) is 0 Å². The fourth-order valence-corrected chi connectivity index (χ4v) is 2.33. The fourth-order valence-electron chi connectivity index (χ4n) is 2.25. The largest absolute Gasteiger partial charge is 0.325 e. The van der Waals surface area contributed by atoms with E-state index in [0.29, 0.717) is 11.6 Å². The smallest absolute Gasteiger partial charge is 0.234 e. The van der Waals surface area contributed by atoms with Crippen LogP contribution in [-0.4, -0.2) is 26.6 Å². The number of aryl methyl sites for hydroxylation is 1. The molecule has 2 aromatic heterocycles. The third kappa shape index (κ3) is 4.33. The zero-order valence-corrected chi connectivity index (χ0v) is 14.5. The number of carbonyl (C=O) groups is 1. The summed E-state index contributed by atoms with van der Waals surface area (Å²) in [6.45, 7) is 1.97. The second kappa shape index (κ2) is 7.76. The molecular formula is C18H17N5OS. The number of benzene rings is 1. The van der Waals surface area contributed by atoms with Gasteiger partial charge in [-0.3, -0.25) is 9.78 Å². The first kappa shape index (κ1) is 16.9. The average Bonchev–Trinajstić information content (AvgIpc) is 2.65. The highest BCUT2D eigenvalue weighted by Crippen LogP contribution is 2.24. The van der Waals surface area contributed by atoms with Gasteiger partial charge in [0, 0.05) is 35.5 Å². The Balaban J connectivity index is 1.85. The lowest BCUT2D eigenvalue weighted by Crippen LogP contribution is -2.12. The summed E-state index contributed by atoms with van der Waals surface area (Å²) >= 11 is 3.97. The SMILES string of the molecule is Cc1ccc(NC(=O)CS)cc1Nc1nccc(-c2cccnc2)n1. The van der Waals surface area contributed by atoms with E-state index in [9.17, 15) is 4.79 Å². The van der Waals surface area contributed by atoms with Gasteiger partial charge < -0.3 is 10.6 Å². The quantitative estimate of drug-likeness (QED) is 0.614. The maximum atomic E-state index is 11.5. The number of thiol groups is 1. The van der Waals surface area contributed by atoms with E-state index >= 15 is 0 Å². The van der Waals surface area contributed by atoms with Crippen LogP contribution >= 0.6 is 12.6 Å². The molecule has 0 radical (unpaired) electrons. The van der Waals surface area contributed by atoms with Gasteiger partial charge in [0.25, 0.3) is 0 Å². The van der Waals surface area contributed by atoms with E-state index in [-0.39, 0.29) is 11.7 Å². The molecule has 0 aliphatic heterocycles. The number of amides is 1. The van der Waals surface area contributed by atoms with Gasteiger partial charge in [0.2, 0.25) is 11.9 Å². The van der Waals surface area contributed by atoms with E-state index < -0.39 is 0 Å². The van der Waals surface area contributed by atoms with Crippen LogP contribution in [0, 0.1) is 6.92 Å². The van der Waals surface area contributed by atoms with Crippen LogP contribution in [0.15, 0.2) is 55.0 Å². The number of nitrogens with one attached hydrogen (secondary N) is 2. The van der Waals surface area contributed by atoms with Crippen molar-refractivity contribution in [2.24, 2.45) is 0 Å². The first-order chi connectivity index (χ1) is 12.2. The zero-order valence-electron chi connectivity index (χ0n) is 13.6. The molecule has 0 atom stereocenters. The molecule has 2 heterocycles. The zero-order chi connectivity index (χ0) is 17.6. The van der Waals surface area contributed by atoms with E-state index in [1.165, 1.54) is 0 Å². The van der Waals surface area contributed by atoms with Crippen LogP contribution in [0.3, 0.4) is 0 Å². The number of hydrogen-bond acceptors (Lipinski definition) is 6. The van der Waals surface area contributed by atoms with Crippen LogP contribution in [0.1, 0.15) is 5.56 Å². The molecule has 3 aromatic rings. The van der Waals surface area contributed by atoms with Crippen molar-refractivity contribution in [3.05, 3.63) is 60.6 Å². The number of aromatic nitrogens is 3. The molecule has 3 rings (SSSR count). The van der Waals surface area contributed by atoms with E-state index in [1.807, 2.05) is 43.3 Å². The van der Waals surface area contributed by atoms with E-state index in [1.54, 1.807) is 18.6 Å². The van der Waals surface area contributed by atoms with Gasteiger partial charge >= 0.3 is 0 Å². The van der Waals surface area contributed by atoms with Crippen molar-refractivity contribution in [1.29, 1.82) is 0 Å². The Bertz CT molecular complexity index is 886. The summed E-state index contributed by atoms with van der Waals surface area (Å²) in [7, 11) is 0. The van der Waals surface area contributed by atoms with Crippen molar-refractivity contribution in [1.82, 2.24) is 15.0 Å².